The van der Waals surface area contributed by atoms with Gasteiger partial charge in [-0.2, -0.15) is 5.26 Å². The van der Waals surface area contributed by atoms with Crippen molar-refractivity contribution < 1.29 is 22.6 Å². The van der Waals surface area contributed by atoms with Crippen LogP contribution in [0.15, 0.2) is 6.20 Å². The number of hydrogen-bond acceptors (Lipinski definition) is 4. The van der Waals surface area contributed by atoms with E-state index < -0.39 is 12.1 Å². The summed E-state index contributed by atoms with van der Waals surface area (Å²) in [6.07, 6.45) is -3.94. The molecule has 1 aromatic rings. The van der Waals surface area contributed by atoms with Crippen LogP contribution in [0.1, 0.15) is 11.3 Å². The van der Waals surface area contributed by atoms with E-state index >= 15 is 0 Å². The molecule has 0 radical (unpaired) electrons. The zero-order valence-corrected chi connectivity index (χ0v) is 9.97. The van der Waals surface area contributed by atoms with Crippen molar-refractivity contribution >= 4 is 11.6 Å². The first-order valence-electron chi connectivity index (χ1n) is 4.66. The first-order chi connectivity index (χ1) is 8.42. The molecule has 0 saturated carbocycles. The molecule has 1 rings (SSSR count). The van der Waals surface area contributed by atoms with Gasteiger partial charge in [-0.15, -0.1) is 24.8 Å². The molecule has 0 spiro atoms. The van der Waals surface area contributed by atoms with E-state index in [1.165, 1.54) is 7.11 Å². The lowest BCUT2D eigenvalue weighted by atomic mass is 10.2. The van der Waals surface area contributed by atoms with E-state index in [2.05, 4.69) is 9.72 Å². The lowest BCUT2D eigenvalue weighted by Gasteiger charge is -2.16. The third-order valence-corrected chi connectivity index (χ3v) is 2.24. The van der Waals surface area contributed by atoms with Crippen LogP contribution in [0.4, 0.5) is 13.2 Å². The molecule has 0 aromatic carbocycles. The van der Waals surface area contributed by atoms with Crippen molar-refractivity contribution in [2.45, 2.75) is 18.7 Å². The summed E-state index contributed by atoms with van der Waals surface area (Å²) in [5.74, 6) is -1.01. The predicted octanol–water partition coefficient (Wildman–Crippen LogP) is 2.79. The normalized spacial score (nSPS) is 10.9. The molecule has 1 heterocycles. The fraction of sp³-hybridized carbons (Fsp3) is 0.400. The summed E-state index contributed by atoms with van der Waals surface area (Å²) in [7, 11) is 1.17. The van der Waals surface area contributed by atoms with Gasteiger partial charge in [0, 0.05) is 11.8 Å². The summed E-state index contributed by atoms with van der Waals surface area (Å²) in [6.45, 7) is 0. The van der Waals surface area contributed by atoms with E-state index in [0.29, 0.717) is 0 Å². The van der Waals surface area contributed by atoms with Crippen molar-refractivity contribution in [3.8, 4) is 17.6 Å². The Labute approximate surface area is 106 Å². The third kappa shape index (κ3) is 3.40. The van der Waals surface area contributed by atoms with Gasteiger partial charge in [-0.1, -0.05) is 0 Å². The van der Waals surface area contributed by atoms with E-state index in [0.717, 1.165) is 6.20 Å². The summed E-state index contributed by atoms with van der Waals surface area (Å²) in [6, 6.07) is 1.77. The number of alkyl halides is 4. The maximum absolute atomic E-state index is 12.3. The van der Waals surface area contributed by atoms with Crippen LogP contribution < -0.4 is 9.47 Å². The lowest BCUT2D eigenvalue weighted by Crippen LogP contribution is -2.19. The summed E-state index contributed by atoms with van der Waals surface area (Å²) in [5.41, 5.74) is 0.0978. The van der Waals surface area contributed by atoms with Gasteiger partial charge >= 0.3 is 6.36 Å². The molecular weight excluding hydrogens is 273 g/mol. The summed E-state index contributed by atoms with van der Waals surface area (Å²) >= 11 is 5.51. The number of ether oxygens (including phenoxy) is 2. The van der Waals surface area contributed by atoms with Gasteiger partial charge in [-0.25, -0.2) is 0 Å². The van der Waals surface area contributed by atoms with Crippen LogP contribution >= 0.6 is 11.6 Å². The molecule has 18 heavy (non-hydrogen) atoms. The lowest BCUT2D eigenvalue weighted by molar-refractivity contribution is -0.275. The molecule has 0 unspecified atom stereocenters. The summed E-state index contributed by atoms with van der Waals surface area (Å²) < 4.78 is 45.5. The molecule has 0 aliphatic rings. The molecule has 0 saturated heterocycles. The van der Waals surface area contributed by atoms with Crippen molar-refractivity contribution in [1.82, 2.24) is 4.98 Å². The minimum absolute atomic E-state index is 0.0348. The molecule has 8 heteroatoms. The zero-order valence-electron chi connectivity index (χ0n) is 9.21. The Balaban J connectivity index is 3.33. The first kappa shape index (κ1) is 14.4. The number of halogens is 4. The minimum Gasteiger partial charge on any atom is -0.491 e. The topological polar surface area (TPSA) is 55.1 Å². The number of nitrogens with zero attached hydrogens (tertiary/aromatic N) is 2. The van der Waals surface area contributed by atoms with Gasteiger partial charge in [0.2, 0.25) is 0 Å². The van der Waals surface area contributed by atoms with Crippen molar-refractivity contribution in [1.29, 1.82) is 5.26 Å². The van der Waals surface area contributed by atoms with Gasteiger partial charge in [0.15, 0.2) is 11.5 Å². The number of methoxy groups -OCH3 is 1. The van der Waals surface area contributed by atoms with Gasteiger partial charge in [0.25, 0.3) is 0 Å². The number of hydrogen-bond donors (Lipinski definition) is 0. The van der Waals surface area contributed by atoms with E-state index in [4.69, 9.17) is 21.6 Å². The quantitative estimate of drug-likeness (QED) is 0.796. The van der Waals surface area contributed by atoms with Gasteiger partial charge in [0.05, 0.1) is 25.5 Å². The van der Waals surface area contributed by atoms with Gasteiger partial charge < -0.3 is 9.47 Å². The maximum Gasteiger partial charge on any atom is 0.573 e. The molecule has 0 N–H and O–H groups in total. The summed E-state index contributed by atoms with van der Waals surface area (Å²) in [4.78, 5) is 3.82. The highest BCUT2D eigenvalue weighted by Crippen LogP contribution is 2.38. The van der Waals surface area contributed by atoms with Crippen molar-refractivity contribution in [2.75, 3.05) is 7.11 Å². The smallest absolute Gasteiger partial charge is 0.491 e. The second kappa shape index (κ2) is 5.78. The highest BCUT2D eigenvalue weighted by atomic mass is 35.5. The number of nitriles is 1. The maximum atomic E-state index is 12.3. The van der Waals surface area contributed by atoms with Crippen LogP contribution in [-0.2, 0) is 12.3 Å². The van der Waals surface area contributed by atoms with Gasteiger partial charge in [0.1, 0.15) is 5.69 Å². The zero-order chi connectivity index (χ0) is 13.8. The van der Waals surface area contributed by atoms with Crippen LogP contribution in [0.5, 0.6) is 11.5 Å². The van der Waals surface area contributed by atoms with E-state index in [1.54, 1.807) is 6.07 Å². The standard InChI is InChI=1S/C10H8ClF3N2O2/c1-17-9-7(2-3-15)16-5-6(4-11)8(9)18-10(12,13)14/h5H,2,4H2,1H3. The van der Waals surface area contributed by atoms with E-state index in [9.17, 15) is 13.2 Å². The molecule has 1 aromatic heterocycles. The first-order valence-corrected chi connectivity index (χ1v) is 5.19. The largest absolute Gasteiger partial charge is 0.573 e. The van der Waals surface area contributed by atoms with Gasteiger partial charge in [-0.3, -0.25) is 4.98 Å². The molecule has 0 bridgehead atoms. The highest BCUT2D eigenvalue weighted by Gasteiger charge is 2.34. The van der Waals surface area contributed by atoms with Crippen molar-refractivity contribution in [3.63, 3.8) is 0 Å². The molecule has 0 fully saturated rings. The summed E-state index contributed by atoms with van der Waals surface area (Å²) in [5, 5.41) is 8.55. The Morgan fingerprint density at radius 2 is 2.11 bits per heavy atom. The van der Waals surface area contributed by atoms with Gasteiger partial charge in [-0.05, 0) is 0 Å². The second-order valence-corrected chi connectivity index (χ2v) is 3.38. The average molecular weight is 281 g/mol. The molecule has 0 aliphatic heterocycles. The molecule has 0 amide bonds. The van der Waals surface area contributed by atoms with E-state index in [1.807, 2.05) is 0 Å². The average Bonchev–Trinajstić information content (AvgIpc) is 2.28. The second-order valence-electron chi connectivity index (χ2n) is 3.11. The Hall–Kier alpha value is -1.68. The van der Waals surface area contributed by atoms with Crippen LogP contribution in [0.2, 0.25) is 0 Å². The number of rotatable bonds is 4. The Morgan fingerprint density at radius 3 is 2.56 bits per heavy atom. The fourth-order valence-corrected chi connectivity index (χ4v) is 1.47. The molecule has 4 nitrogen and oxygen atoms in total. The van der Waals surface area contributed by atoms with Crippen LogP contribution in [0.25, 0.3) is 0 Å². The van der Waals surface area contributed by atoms with Crippen molar-refractivity contribution in [2.24, 2.45) is 0 Å². The van der Waals surface area contributed by atoms with Crippen LogP contribution in [0, 0.1) is 11.3 Å². The minimum atomic E-state index is -4.88. The van der Waals surface area contributed by atoms with Crippen molar-refractivity contribution in [3.05, 3.63) is 17.5 Å². The van der Waals surface area contributed by atoms with Crippen LogP contribution in [-0.4, -0.2) is 18.5 Å². The monoisotopic (exact) mass is 280 g/mol. The number of aromatic nitrogens is 1. The predicted molar refractivity (Wildman–Crippen MR) is 56.3 cm³/mol. The Bertz CT molecular complexity index is 471. The molecule has 0 atom stereocenters. The molecule has 0 aliphatic carbocycles. The molecule has 98 valence electrons. The third-order valence-electron chi connectivity index (χ3n) is 1.95. The molecular formula is C10H8ClF3N2O2. The fourth-order valence-electron chi connectivity index (χ4n) is 1.28. The SMILES string of the molecule is COc1c(CC#N)ncc(CCl)c1OC(F)(F)F. The highest BCUT2D eigenvalue weighted by molar-refractivity contribution is 6.17. The Kier molecular flexibility index (Phi) is 4.62. The Morgan fingerprint density at radius 1 is 1.44 bits per heavy atom. The van der Waals surface area contributed by atoms with Crippen LogP contribution in [0.3, 0.4) is 0 Å². The van der Waals surface area contributed by atoms with E-state index in [-0.39, 0.29) is 29.3 Å². The number of pyridine rings is 1.